The van der Waals surface area contributed by atoms with Crippen molar-refractivity contribution < 1.29 is 14.3 Å². The molecule has 1 aromatic carbocycles. The molecule has 4 rings (SSSR count). The van der Waals surface area contributed by atoms with E-state index in [0.29, 0.717) is 11.7 Å². The number of allylic oxidation sites excluding steroid dienone is 1. The third-order valence-electron chi connectivity index (χ3n) is 4.73. The highest BCUT2D eigenvalue weighted by molar-refractivity contribution is 6.10. The Kier molecular flexibility index (Phi) is 3.24. The largest absolute Gasteiger partial charge is 0.495 e. The first kappa shape index (κ1) is 15.5. The Balaban J connectivity index is 1.80. The van der Waals surface area contributed by atoms with Crippen LogP contribution in [-0.2, 0) is 4.79 Å². The van der Waals surface area contributed by atoms with Crippen LogP contribution in [0.4, 0.5) is 10.5 Å². The fraction of sp³-hybridized carbons (Fsp3) is 0.353. The number of amides is 3. The summed E-state index contributed by atoms with van der Waals surface area (Å²) in [6.07, 6.45) is 1.34. The number of aliphatic imine (C=N–C) groups is 1. The predicted molar refractivity (Wildman–Crippen MR) is 92.1 cm³/mol. The van der Waals surface area contributed by atoms with E-state index in [-0.39, 0.29) is 5.91 Å². The van der Waals surface area contributed by atoms with E-state index in [1.165, 1.54) is 4.90 Å². The Morgan fingerprint density at radius 3 is 2.72 bits per heavy atom. The Labute approximate surface area is 145 Å². The van der Waals surface area contributed by atoms with Crippen LogP contribution < -0.4 is 15.0 Å². The van der Waals surface area contributed by atoms with Crippen molar-refractivity contribution in [3.63, 3.8) is 0 Å². The lowest BCUT2D eigenvalue weighted by atomic mass is 10.1. The molecule has 0 saturated carbocycles. The number of carbonyl (C=O) groups is 2. The summed E-state index contributed by atoms with van der Waals surface area (Å²) in [5, 5.41) is 2.37. The molecule has 0 aliphatic carbocycles. The van der Waals surface area contributed by atoms with Crippen molar-refractivity contribution in [2.24, 2.45) is 4.99 Å². The Bertz CT molecular complexity index is 847. The predicted octanol–water partition coefficient (Wildman–Crippen LogP) is 1.23. The highest BCUT2D eigenvalue weighted by Gasteiger charge is 2.51. The van der Waals surface area contributed by atoms with Gasteiger partial charge in [-0.15, -0.1) is 0 Å². The molecule has 0 spiro atoms. The Morgan fingerprint density at radius 1 is 1.24 bits per heavy atom. The maximum absolute atomic E-state index is 12.4. The molecular formula is C17H19N5O3. The molecule has 3 aliphatic rings. The van der Waals surface area contributed by atoms with Crippen LogP contribution in [0.25, 0.3) is 0 Å². The zero-order valence-corrected chi connectivity index (χ0v) is 14.5. The summed E-state index contributed by atoms with van der Waals surface area (Å²) in [6.45, 7) is 3.96. The van der Waals surface area contributed by atoms with E-state index in [0.717, 1.165) is 16.9 Å². The van der Waals surface area contributed by atoms with E-state index < -0.39 is 18.2 Å². The summed E-state index contributed by atoms with van der Waals surface area (Å²) < 4.78 is 5.50. The fourth-order valence-electron chi connectivity index (χ4n) is 3.47. The van der Waals surface area contributed by atoms with Gasteiger partial charge in [0, 0.05) is 18.9 Å². The van der Waals surface area contributed by atoms with E-state index in [2.05, 4.69) is 10.3 Å². The summed E-state index contributed by atoms with van der Waals surface area (Å²) in [6, 6.07) is 4.90. The van der Waals surface area contributed by atoms with E-state index in [4.69, 9.17) is 4.74 Å². The van der Waals surface area contributed by atoms with Crippen molar-refractivity contribution in [2.75, 3.05) is 19.1 Å². The van der Waals surface area contributed by atoms with E-state index in [1.54, 1.807) is 14.2 Å². The number of benzene rings is 1. The van der Waals surface area contributed by atoms with Crippen molar-refractivity contribution in [1.29, 1.82) is 0 Å². The van der Waals surface area contributed by atoms with Gasteiger partial charge in [0.15, 0.2) is 12.2 Å². The topological polar surface area (TPSA) is 77.5 Å². The van der Waals surface area contributed by atoms with Crippen LogP contribution in [0.5, 0.6) is 5.75 Å². The van der Waals surface area contributed by atoms with Gasteiger partial charge in [-0.3, -0.25) is 15.0 Å². The molecule has 25 heavy (non-hydrogen) atoms. The quantitative estimate of drug-likeness (QED) is 0.875. The second kappa shape index (κ2) is 5.23. The monoisotopic (exact) mass is 341 g/mol. The lowest BCUT2D eigenvalue weighted by Crippen LogP contribution is -2.62. The lowest BCUT2D eigenvalue weighted by molar-refractivity contribution is -0.126. The minimum Gasteiger partial charge on any atom is -0.495 e. The van der Waals surface area contributed by atoms with Crippen LogP contribution in [-0.4, -0.2) is 54.1 Å². The molecule has 0 bridgehead atoms. The van der Waals surface area contributed by atoms with Crippen molar-refractivity contribution in [3.8, 4) is 5.75 Å². The van der Waals surface area contributed by atoms with Crippen LogP contribution in [0, 0.1) is 6.92 Å². The number of anilines is 1. The molecule has 2 unspecified atom stereocenters. The Morgan fingerprint density at radius 2 is 2.00 bits per heavy atom. The molecule has 8 heteroatoms. The number of carbonyl (C=O) groups excluding carboxylic acids is 2. The molecule has 1 aromatic rings. The van der Waals surface area contributed by atoms with E-state index in [9.17, 15) is 9.59 Å². The molecular weight excluding hydrogens is 322 g/mol. The second-order valence-electron chi connectivity index (χ2n) is 6.38. The number of likely N-dealkylation sites (N-methyl/N-ethyl adjacent to an activating group) is 1. The number of rotatable bonds is 2. The highest BCUT2D eigenvalue weighted by atomic mass is 16.5. The smallest absolute Gasteiger partial charge is 0.325 e. The molecule has 1 saturated heterocycles. The van der Waals surface area contributed by atoms with Crippen LogP contribution in [0.2, 0.25) is 0 Å². The van der Waals surface area contributed by atoms with Gasteiger partial charge >= 0.3 is 6.03 Å². The van der Waals surface area contributed by atoms with Gasteiger partial charge in [0.1, 0.15) is 5.75 Å². The van der Waals surface area contributed by atoms with Crippen LogP contribution in [0.3, 0.4) is 0 Å². The number of hydrogen-bond acceptors (Lipinski definition) is 6. The summed E-state index contributed by atoms with van der Waals surface area (Å²) in [7, 11) is 3.26. The summed E-state index contributed by atoms with van der Waals surface area (Å²) in [5.74, 6) is 0.994. The Hall–Kier alpha value is -3.03. The van der Waals surface area contributed by atoms with Gasteiger partial charge in [-0.2, -0.15) is 0 Å². The average molecular weight is 341 g/mol. The summed E-state index contributed by atoms with van der Waals surface area (Å²) in [4.78, 5) is 34.1. The van der Waals surface area contributed by atoms with Crippen LogP contribution in [0.15, 0.2) is 35.1 Å². The molecule has 130 valence electrons. The maximum Gasteiger partial charge on any atom is 0.325 e. The molecule has 3 heterocycles. The summed E-state index contributed by atoms with van der Waals surface area (Å²) in [5.41, 5.74) is 2.86. The second-order valence-corrected chi connectivity index (χ2v) is 6.38. The van der Waals surface area contributed by atoms with Gasteiger partial charge in [0.05, 0.1) is 12.8 Å². The van der Waals surface area contributed by atoms with Gasteiger partial charge in [0.25, 0.3) is 5.91 Å². The number of hydrogen-bond donors (Lipinski definition) is 1. The molecule has 0 aromatic heterocycles. The molecule has 3 aliphatic heterocycles. The molecule has 3 amide bonds. The number of imide groups is 1. The van der Waals surface area contributed by atoms with Crippen molar-refractivity contribution in [2.45, 2.75) is 26.1 Å². The zero-order chi connectivity index (χ0) is 17.9. The van der Waals surface area contributed by atoms with Gasteiger partial charge < -0.3 is 14.5 Å². The number of nitrogens with one attached hydrogen (secondary N) is 1. The molecule has 0 radical (unpaired) electrons. The number of guanidine groups is 1. The minimum atomic E-state index is -0.562. The number of methoxy groups -OCH3 is 1. The van der Waals surface area contributed by atoms with E-state index in [1.807, 2.05) is 48.0 Å². The molecule has 2 atom stereocenters. The minimum absolute atomic E-state index is 0.339. The van der Waals surface area contributed by atoms with Crippen LogP contribution in [0.1, 0.15) is 12.5 Å². The van der Waals surface area contributed by atoms with Crippen molar-refractivity contribution in [1.82, 2.24) is 15.1 Å². The SMILES string of the molecule is COc1ccc(C)cc1N1C(C)=CN2C1=NC1C2C(=O)NC(=O)N1C. The highest BCUT2D eigenvalue weighted by Crippen LogP contribution is 2.39. The first-order valence-electron chi connectivity index (χ1n) is 7.99. The number of nitrogens with zero attached hydrogens (tertiary/aromatic N) is 4. The molecule has 1 N–H and O–H groups in total. The average Bonchev–Trinajstić information content (AvgIpc) is 3.07. The molecule has 1 fully saturated rings. The van der Waals surface area contributed by atoms with E-state index >= 15 is 0 Å². The number of ether oxygens (including phenoxy) is 1. The third-order valence-corrected chi connectivity index (χ3v) is 4.73. The fourth-order valence-corrected chi connectivity index (χ4v) is 3.47. The van der Waals surface area contributed by atoms with Gasteiger partial charge in [-0.1, -0.05) is 6.07 Å². The maximum atomic E-state index is 12.4. The molecule has 8 nitrogen and oxygen atoms in total. The van der Waals surface area contributed by atoms with Crippen molar-refractivity contribution in [3.05, 3.63) is 35.7 Å². The number of fused-ring (bicyclic) bond motifs is 3. The normalized spacial score (nSPS) is 24.7. The summed E-state index contributed by atoms with van der Waals surface area (Å²) >= 11 is 0. The van der Waals surface area contributed by atoms with Crippen molar-refractivity contribution >= 4 is 23.6 Å². The van der Waals surface area contributed by atoms with Crippen LogP contribution >= 0.6 is 0 Å². The first-order chi connectivity index (χ1) is 11.9. The van der Waals surface area contributed by atoms with Gasteiger partial charge in [-0.05, 0) is 31.5 Å². The zero-order valence-electron chi connectivity index (χ0n) is 14.5. The number of aryl methyl sites for hydroxylation is 1. The third kappa shape index (κ3) is 2.10. The number of urea groups is 1. The lowest BCUT2D eigenvalue weighted by Gasteiger charge is -2.34. The first-order valence-corrected chi connectivity index (χ1v) is 7.99. The van der Waals surface area contributed by atoms with Gasteiger partial charge in [0.2, 0.25) is 5.96 Å². The van der Waals surface area contributed by atoms with Gasteiger partial charge in [-0.25, -0.2) is 9.79 Å². The standard InChI is InChI=1S/C17H19N5O3/c1-9-5-6-12(25-4)11(7-9)22-10(2)8-21-13-14(18-16(21)22)20(3)17(24)19-15(13)23/h5-8,13-14H,1-4H3,(H,19,23,24).